The first kappa shape index (κ1) is 16.0. The molecule has 124 valence electrons. The van der Waals surface area contributed by atoms with E-state index < -0.39 is 5.60 Å². The first-order chi connectivity index (χ1) is 10.7. The summed E-state index contributed by atoms with van der Waals surface area (Å²) in [6, 6.07) is 0. The van der Waals surface area contributed by atoms with Gasteiger partial charge in [0.25, 0.3) is 0 Å². The zero-order valence-electron chi connectivity index (χ0n) is 13.4. The number of carbonyl (C=O) groups excluding carboxylic acids is 2. The number of halogens is 1. The van der Waals surface area contributed by atoms with Crippen molar-refractivity contribution in [1.29, 1.82) is 0 Å². The number of rotatable bonds is 1. The van der Waals surface area contributed by atoms with Gasteiger partial charge in [0, 0.05) is 24.7 Å². The summed E-state index contributed by atoms with van der Waals surface area (Å²) >= 11 is 6.01. The van der Waals surface area contributed by atoms with E-state index in [2.05, 4.69) is 9.97 Å². The van der Waals surface area contributed by atoms with Gasteiger partial charge in [-0.25, -0.2) is 14.8 Å². The number of amides is 2. The Morgan fingerprint density at radius 2 is 2.13 bits per heavy atom. The zero-order valence-corrected chi connectivity index (χ0v) is 14.1. The maximum Gasteiger partial charge on any atom is 0.410 e. The van der Waals surface area contributed by atoms with E-state index in [4.69, 9.17) is 16.3 Å². The summed E-state index contributed by atoms with van der Waals surface area (Å²) in [4.78, 5) is 35.8. The second-order valence-electron chi connectivity index (χ2n) is 6.78. The molecule has 1 aromatic heterocycles. The maximum absolute atomic E-state index is 12.1. The summed E-state index contributed by atoms with van der Waals surface area (Å²) in [7, 11) is 0. The lowest BCUT2D eigenvalue weighted by Crippen LogP contribution is -2.33. The number of nitrogens with zero attached hydrogens (tertiary/aromatic N) is 4. The van der Waals surface area contributed by atoms with Crippen LogP contribution in [0.25, 0.3) is 0 Å². The molecular weight excluding hydrogens is 320 g/mol. The molecule has 0 spiro atoms. The predicted octanol–water partition coefficient (Wildman–Crippen LogP) is 2.07. The third kappa shape index (κ3) is 3.39. The van der Waals surface area contributed by atoms with Crippen LogP contribution in [0.2, 0.25) is 0 Å². The number of fused-ring (bicyclic) bond motifs is 1. The highest BCUT2D eigenvalue weighted by atomic mass is 35.5. The minimum Gasteiger partial charge on any atom is -0.444 e. The largest absolute Gasteiger partial charge is 0.444 e. The lowest BCUT2D eigenvalue weighted by molar-refractivity contribution is -0.117. The van der Waals surface area contributed by atoms with E-state index in [-0.39, 0.29) is 17.4 Å². The van der Waals surface area contributed by atoms with Crippen molar-refractivity contribution in [3.63, 3.8) is 0 Å². The van der Waals surface area contributed by atoms with Crippen molar-refractivity contribution in [2.45, 2.75) is 51.3 Å². The average Bonchev–Trinajstić information content (AvgIpc) is 2.99. The lowest BCUT2D eigenvalue weighted by Gasteiger charge is -2.23. The summed E-state index contributed by atoms with van der Waals surface area (Å²) in [6.45, 7) is 6.66. The molecule has 1 atom stereocenters. The first-order valence-corrected chi connectivity index (χ1v) is 7.94. The van der Waals surface area contributed by atoms with Crippen LogP contribution in [0.15, 0.2) is 6.20 Å². The van der Waals surface area contributed by atoms with Crippen LogP contribution in [-0.4, -0.2) is 44.4 Å². The van der Waals surface area contributed by atoms with Gasteiger partial charge in [-0.3, -0.25) is 14.6 Å². The Morgan fingerprint density at radius 1 is 1.39 bits per heavy atom. The van der Waals surface area contributed by atoms with E-state index in [0.29, 0.717) is 32.0 Å². The fourth-order valence-electron chi connectivity index (χ4n) is 2.59. The maximum atomic E-state index is 12.1. The molecule has 2 amide bonds. The average molecular weight is 339 g/mol. The van der Waals surface area contributed by atoms with E-state index in [0.717, 1.165) is 11.3 Å². The number of ether oxygens (including phenoxy) is 1. The van der Waals surface area contributed by atoms with Crippen LogP contribution in [0.5, 0.6) is 0 Å². The monoisotopic (exact) mass is 338 g/mol. The SMILES string of the molecule is CC(C)(C)OC(=O)N1Cc2cnc(N3CC(Cl)CC3=O)nc2C1. The van der Waals surface area contributed by atoms with Crippen LogP contribution < -0.4 is 4.90 Å². The topological polar surface area (TPSA) is 75.6 Å². The molecule has 1 fully saturated rings. The highest BCUT2D eigenvalue weighted by molar-refractivity contribution is 6.24. The smallest absolute Gasteiger partial charge is 0.410 e. The standard InChI is InChI=1S/C15H19ClN4O3/c1-15(2,3)23-14(22)19-6-9-5-17-13(18-11(9)8-19)20-7-10(16)4-12(20)21/h5,10H,4,6-8H2,1-3H3. The van der Waals surface area contributed by atoms with Crippen LogP contribution in [0.3, 0.4) is 0 Å². The van der Waals surface area contributed by atoms with Crippen LogP contribution in [0, 0.1) is 0 Å². The van der Waals surface area contributed by atoms with Crippen molar-refractivity contribution >= 4 is 29.5 Å². The number of carbonyl (C=O) groups is 2. The van der Waals surface area contributed by atoms with E-state index in [9.17, 15) is 9.59 Å². The van der Waals surface area contributed by atoms with Crippen molar-refractivity contribution in [1.82, 2.24) is 14.9 Å². The summed E-state index contributed by atoms with van der Waals surface area (Å²) < 4.78 is 5.37. The fraction of sp³-hybridized carbons (Fsp3) is 0.600. The van der Waals surface area contributed by atoms with Crippen molar-refractivity contribution in [3.05, 3.63) is 17.5 Å². The molecule has 2 aliphatic heterocycles. The van der Waals surface area contributed by atoms with E-state index in [1.54, 1.807) is 11.1 Å². The van der Waals surface area contributed by atoms with Gasteiger partial charge >= 0.3 is 6.09 Å². The highest BCUT2D eigenvalue weighted by Gasteiger charge is 2.33. The summed E-state index contributed by atoms with van der Waals surface area (Å²) in [6.07, 6.45) is 1.58. The van der Waals surface area contributed by atoms with Crippen LogP contribution in [0.1, 0.15) is 38.4 Å². The lowest BCUT2D eigenvalue weighted by atomic mass is 10.2. The normalized spacial score (nSPS) is 20.9. The van der Waals surface area contributed by atoms with Crippen molar-refractivity contribution in [2.24, 2.45) is 0 Å². The number of anilines is 1. The number of alkyl halides is 1. The molecule has 1 unspecified atom stereocenters. The first-order valence-electron chi connectivity index (χ1n) is 7.50. The molecule has 7 nitrogen and oxygen atoms in total. The van der Waals surface area contributed by atoms with Gasteiger partial charge in [-0.05, 0) is 20.8 Å². The quantitative estimate of drug-likeness (QED) is 0.733. The molecule has 0 bridgehead atoms. The van der Waals surface area contributed by atoms with Gasteiger partial charge in [-0.1, -0.05) is 0 Å². The number of aromatic nitrogens is 2. The van der Waals surface area contributed by atoms with Crippen molar-refractivity contribution in [2.75, 3.05) is 11.4 Å². The molecule has 0 N–H and O–H groups in total. The molecule has 3 heterocycles. The summed E-state index contributed by atoms with van der Waals surface area (Å²) in [5.74, 6) is 0.273. The van der Waals surface area contributed by atoms with Crippen LogP contribution in [-0.2, 0) is 22.6 Å². The number of hydrogen-bond acceptors (Lipinski definition) is 5. The molecule has 8 heteroatoms. The molecule has 3 rings (SSSR count). The van der Waals surface area contributed by atoms with Crippen molar-refractivity contribution in [3.8, 4) is 0 Å². The zero-order chi connectivity index (χ0) is 16.8. The Morgan fingerprint density at radius 3 is 2.74 bits per heavy atom. The molecule has 0 aliphatic carbocycles. The van der Waals surface area contributed by atoms with Crippen LogP contribution in [0.4, 0.5) is 10.7 Å². The summed E-state index contributed by atoms with van der Waals surface area (Å²) in [5, 5.41) is -0.211. The molecule has 1 aromatic rings. The Labute approximate surface area is 139 Å². The Hall–Kier alpha value is -1.89. The van der Waals surface area contributed by atoms with Gasteiger partial charge in [0.05, 0.1) is 24.2 Å². The van der Waals surface area contributed by atoms with Gasteiger partial charge in [0.2, 0.25) is 11.9 Å². The second kappa shape index (κ2) is 5.63. The highest BCUT2D eigenvalue weighted by Crippen LogP contribution is 2.26. The molecule has 1 saturated heterocycles. The van der Waals surface area contributed by atoms with Gasteiger partial charge in [0.1, 0.15) is 5.60 Å². The van der Waals surface area contributed by atoms with E-state index in [1.165, 1.54) is 4.90 Å². The van der Waals surface area contributed by atoms with Crippen LogP contribution >= 0.6 is 11.6 Å². The Kier molecular flexibility index (Phi) is 3.91. The fourth-order valence-corrected chi connectivity index (χ4v) is 2.86. The Balaban J connectivity index is 1.74. The van der Waals surface area contributed by atoms with E-state index >= 15 is 0 Å². The molecule has 23 heavy (non-hydrogen) atoms. The molecule has 0 saturated carbocycles. The number of hydrogen-bond donors (Lipinski definition) is 0. The molecule has 0 aromatic carbocycles. The van der Waals surface area contributed by atoms with Gasteiger partial charge in [-0.2, -0.15) is 0 Å². The van der Waals surface area contributed by atoms with E-state index in [1.807, 2.05) is 20.8 Å². The van der Waals surface area contributed by atoms with Gasteiger partial charge in [0.15, 0.2) is 0 Å². The van der Waals surface area contributed by atoms with Crippen molar-refractivity contribution < 1.29 is 14.3 Å². The second-order valence-corrected chi connectivity index (χ2v) is 7.40. The molecular formula is C15H19ClN4O3. The third-order valence-electron chi connectivity index (χ3n) is 3.61. The van der Waals surface area contributed by atoms with Gasteiger partial charge < -0.3 is 4.74 Å². The summed E-state index contributed by atoms with van der Waals surface area (Å²) in [5.41, 5.74) is 1.07. The Bertz CT molecular complexity index is 659. The van der Waals surface area contributed by atoms with Gasteiger partial charge in [-0.15, -0.1) is 11.6 Å². The molecule has 2 aliphatic rings. The predicted molar refractivity (Wildman–Crippen MR) is 84.1 cm³/mol. The minimum atomic E-state index is -0.542. The minimum absolute atomic E-state index is 0.0769. The molecule has 0 radical (unpaired) electrons. The third-order valence-corrected chi connectivity index (χ3v) is 3.91.